The SMILES string of the molecule is NC(=O)N/N=C\c1cccc2ccccc12. The number of benzene rings is 2. The molecule has 0 unspecified atom stereocenters. The van der Waals surface area contributed by atoms with Crippen LogP contribution in [0.25, 0.3) is 10.8 Å². The summed E-state index contributed by atoms with van der Waals surface area (Å²) in [6.45, 7) is 0. The number of carbonyl (C=O) groups excluding carboxylic acids is 1. The summed E-state index contributed by atoms with van der Waals surface area (Å²) in [6, 6.07) is 13.2. The fourth-order valence-electron chi connectivity index (χ4n) is 1.53. The number of nitrogens with one attached hydrogen (secondary N) is 1. The van der Waals surface area contributed by atoms with E-state index in [2.05, 4.69) is 10.5 Å². The molecule has 0 saturated heterocycles. The molecule has 0 heterocycles. The number of primary amides is 1. The lowest BCUT2D eigenvalue weighted by molar-refractivity contribution is 0.249. The Bertz CT molecular complexity index is 543. The monoisotopic (exact) mass is 213 g/mol. The number of hydrogen-bond acceptors (Lipinski definition) is 2. The van der Waals surface area contributed by atoms with Crippen molar-refractivity contribution in [2.45, 2.75) is 0 Å². The lowest BCUT2D eigenvalue weighted by Crippen LogP contribution is -2.24. The van der Waals surface area contributed by atoms with Gasteiger partial charge in [-0.2, -0.15) is 5.10 Å². The predicted molar refractivity (Wildman–Crippen MR) is 64.3 cm³/mol. The van der Waals surface area contributed by atoms with Crippen molar-refractivity contribution in [2.24, 2.45) is 10.8 Å². The molecule has 0 fully saturated rings. The molecule has 0 spiro atoms. The highest BCUT2D eigenvalue weighted by Gasteiger charge is 1.96. The van der Waals surface area contributed by atoms with E-state index in [1.54, 1.807) is 6.21 Å². The summed E-state index contributed by atoms with van der Waals surface area (Å²) >= 11 is 0. The Hall–Kier alpha value is -2.36. The molecule has 4 nitrogen and oxygen atoms in total. The van der Waals surface area contributed by atoms with Gasteiger partial charge in [0.2, 0.25) is 0 Å². The number of hydrazone groups is 1. The fourth-order valence-corrected chi connectivity index (χ4v) is 1.53. The Kier molecular flexibility index (Phi) is 2.82. The summed E-state index contributed by atoms with van der Waals surface area (Å²) in [4.78, 5) is 10.5. The average Bonchev–Trinajstić information content (AvgIpc) is 2.29. The van der Waals surface area contributed by atoms with E-state index in [1.165, 1.54) is 0 Å². The highest BCUT2D eigenvalue weighted by atomic mass is 16.2. The van der Waals surface area contributed by atoms with E-state index in [4.69, 9.17) is 5.73 Å². The number of carbonyl (C=O) groups is 1. The number of nitrogens with zero attached hydrogens (tertiary/aromatic N) is 1. The molecule has 0 aliphatic heterocycles. The summed E-state index contributed by atoms with van der Waals surface area (Å²) in [5.41, 5.74) is 8.01. The standard InChI is InChI=1S/C12H11N3O/c13-12(16)15-14-8-10-6-3-5-9-4-1-2-7-11(9)10/h1-8H,(H3,13,15,16)/b14-8-. The van der Waals surface area contributed by atoms with Gasteiger partial charge in [0.05, 0.1) is 6.21 Å². The predicted octanol–water partition coefficient (Wildman–Crippen LogP) is 1.84. The van der Waals surface area contributed by atoms with Gasteiger partial charge in [-0.15, -0.1) is 0 Å². The first-order valence-corrected chi connectivity index (χ1v) is 4.83. The lowest BCUT2D eigenvalue weighted by Gasteiger charge is -2.00. The number of fused-ring (bicyclic) bond motifs is 1. The second-order valence-corrected chi connectivity index (χ2v) is 3.30. The molecule has 2 rings (SSSR count). The van der Waals surface area contributed by atoms with Crippen molar-refractivity contribution in [3.05, 3.63) is 48.0 Å². The fraction of sp³-hybridized carbons (Fsp3) is 0. The highest BCUT2D eigenvalue weighted by molar-refractivity contribution is 5.99. The molecule has 80 valence electrons. The maximum Gasteiger partial charge on any atom is 0.332 e. The van der Waals surface area contributed by atoms with Crippen LogP contribution in [-0.2, 0) is 0 Å². The van der Waals surface area contributed by atoms with Crippen LogP contribution in [0, 0.1) is 0 Å². The molecule has 2 aromatic carbocycles. The molecule has 0 bridgehead atoms. The molecule has 3 N–H and O–H groups in total. The van der Waals surface area contributed by atoms with Crippen molar-refractivity contribution >= 4 is 23.0 Å². The molecule has 2 aromatic rings. The zero-order chi connectivity index (χ0) is 11.4. The average molecular weight is 213 g/mol. The first kappa shape index (κ1) is 10.2. The minimum Gasteiger partial charge on any atom is -0.350 e. The molecular formula is C12H11N3O. The van der Waals surface area contributed by atoms with Crippen LogP contribution in [0.4, 0.5) is 4.79 Å². The van der Waals surface area contributed by atoms with E-state index < -0.39 is 6.03 Å². The number of nitrogens with two attached hydrogens (primary N) is 1. The summed E-state index contributed by atoms with van der Waals surface area (Å²) in [6.07, 6.45) is 1.58. The molecule has 4 heteroatoms. The largest absolute Gasteiger partial charge is 0.350 e. The minimum atomic E-state index is -0.670. The summed E-state index contributed by atoms with van der Waals surface area (Å²) in [7, 11) is 0. The molecule has 2 amide bonds. The zero-order valence-corrected chi connectivity index (χ0v) is 8.55. The molecular weight excluding hydrogens is 202 g/mol. The Morgan fingerprint density at radius 2 is 1.94 bits per heavy atom. The van der Waals surface area contributed by atoms with Crippen LogP contribution in [0.2, 0.25) is 0 Å². The Morgan fingerprint density at radius 3 is 2.75 bits per heavy atom. The third-order valence-electron chi connectivity index (χ3n) is 2.20. The quantitative estimate of drug-likeness (QED) is 0.580. The van der Waals surface area contributed by atoms with Crippen LogP contribution in [0.5, 0.6) is 0 Å². The molecule has 0 atom stereocenters. The van der Waals surface area contributed by atoms with Crippen molar-refractivity contribution in [1.82, 2.24) is 5.43 Å². The molecule has 0 aliphatic rings. The number of amides is 2. The van der Waals surface area contributed by atoms with Gasteiger partial charge >= 0.3 is 6.03 Å². The van der Waals surface area contributed by atoms with Gasteiger partial charge in [0, 0.05) is 5.56 Å². The lowest BCUT2D eigenvalue weighted by atomic mass is 10.1. The van der Waals surface area contributed by atoms with E-state index in [9.17, 15) is 4.79 Å². The van der Waals surface area contributed by atoms with Gasteiger partial charge in [0.15, 0.2) is 0 Å². The van der Waals surface area contributed by atoms with Gasteiger partial charge < -0.3 is 5.73 Å². The van der Waals surface area contributed by atoms with Crippen molar-refractivity contribution in [1.29, 1.82) is 0 Å². The Labute approximate surface area is 92.8 Å². The van der Waals surface area contributed by atoms with Gasteiger partial charge in [0.1, 0.15) is 0 Å². The topological polar surface area (TPSA) is 67.5 Å². The van der Waals surface area contributed by atoms with Crippen LogP contribution < -0.4 is 11.2 Å². The second-order valence-electron chi connectivity index (χ2n) is 3.30. The third-order valence-corrected chi connectivity index (χ3v) is 2.20. The maximum absolute atomic E-state index is 10.5. The van der Waals surface area contributed by atoms with Crippen molar-refractivity contribution in [2.75, 3.05) is 0 Å². The van der Waals surface area contributed by atoms with Gasteiger partial charge in [-0.05, 0) is 10.8 Å². The summed E-state index contributed by atoms with van der Waals surface area (Å²) < 4.78 is 0. The van der Waals surface area contributed by atoms with Gasteiger partial charge in [-0.3, -0.25) is 0 Å². The summed E-state index contributed by atoms with van der Waals surface area (Å²) in [5.74, 6) is 0. The maximum atomic E-state index is 10.5. The van der Waals surface area contributed by atoms with Crippen LogP contribution >= 0.6 is 0 Å². The van der Waals surface area contributed by atoms with Crippen LogP contribution in [0.3, 0.4) is 0 Å². The van der Waals surface area contributed by atoms with Crippen LogP contribution in [0.15, 0.2) is 47.6 Å². The smallest absolute Gasteiger partial charge is 0.332 e. The van der Waals surface area contributed by atoms with E-state index >= 15 is 0 Å². The molecule has 0 aliphatic carbocycles. The highest BCUT2D eigenvalue weighted by Crippen LogP contribution is 2.16. The van der Waals surface area contributed by atoms with Crippen LogP contribution in [0.1, 0.15) is 5.56 Å². The molecule has 0 aromatic heterocycles. The zero-order valence-electron chi connectivity index (χ0n) is 8.55. The first-order chi connectivity index (χ1) is 7.77. The van der Waals surface area contributed by atoms with E-state index in [-0.39, 0.29) is 0 Å². The van der Waals surface area contributed by atoms with Gasteiger partial charge in [0.25, 0.3) is 0 Å². The molecule has 0 saturated carbocycles. The first-order valence-electron chi connectivity index (χ1n) is 4.83. The van der Waals surface area contributed by atoms with Gasteiger partial charge in [-0.25, -0.2) is 10.2 Å². The Morgan fingerprint density at radius 1 is 1.19 bits per heavy atom. The van der Waals surface area contributed by atoms with Crippen molar-refractivity contribution in [3.8, 4) is 0 Å². The summed E-state index contributed by atoms with van der Waals surface area (Å²) in [5, 5.41) is 5.96. The van der Waals surface area contributed by atoms with Crippen molar-refractivity contribution in [3.63, 3.8) is 0 Å². The normalized spacial score (nSPS) is 10.8. The van der Waals surface area contributed by atoms with E-state index in [0.717, 1.165) is 16.3 Å². The number of rotatable bonds is 2. The minimum absolute atomic E-state index is 0.670. The Balaban J connectivity index is 2.37. The number of urea groups is 1. The molecule has 0 radical (unpaired) electrons. The second kappa shape index (κ2) is 4.44. The molecule has 16 heavy (non-hydrogen) atoms. The van der Waals surface area contributed by atoms with E-state index in [1.807, 2.05) is 42.5 Å². The van der Waals surface area contributed by atoms with Crippen molar-refractivity contribution < 1.29 is 4.79 Å². The number of hydrogen-bond donors (Lipinski definition) is 2. The van der Waals surface area contributed by atoms with E-state index in [0.29, 0.717) is 0 Å². The van der Waals surface area contributed by atoms with Crippen LogP contribution in [-0.4, -0.2) is 12.2 Å². The third kappa shape index (κ3) is 2.17. The van der Waals surface area contributed by atoms with Gasteiger partial charge in [-0.1, -0.05) is 42.5 Å².